The van der Waals surface area contributed by atoms with Crippen LogP contribution in [0.5, 0.6) is 0 Å². The van der Waals surface area contributed by atoms with E-state index < -0.39 is 10.0 Å². The molecule has 0 aliphatic carbocycles. The third-order valence-electron chi connectivity index (χ3n) is 3.08. The molecule has 102 valence electrons. The Balaban J connectivity index is 2.02. The van der Waals surface area contributed by atoms with E-state index in [1.807, 2.05) is 0 Å². The quantitative estimate of drug-likeness (QED) is 0.817. The number of sulfonamides is 1. The van der Waals surface area contributed by atoms with Crippen LogP contribution in [0.2, 0.25) is 0 Å². The van der Waals surface area contributed by atoms with Crippen LogP contribution in [0.3, 0.4) is 0 Å². The molecule has 8 heteroatoms. The SMILES string of the molecule is Nc1nc2ccc(S(=O)(=O)N3CCOCC3)cc2[nH]1. The fraction of sp³-hybridized carbons (Fsp3) is 0.364. The Hall–Kier alpha value is -1.64. The van der Waals surface area contributed by atoms with Crippen LogP contribution in [0.15, 0.2) is 23.1 Å². The highest BCUT2D eigenvalue weighted by Crippen LogP contribution is 2.21. The number of hydrogen-bond donors (Lipinski definition) is 2. The first-order valence-electron chi connectivity index (χ1n) is 5.90. The second-order valence-corrected chi connectivity index (χ2v) is 6.26. The average Bonchev–Trinajstić information content (AvgIpc) is 2.78. The van der Waals surface area contributed by atoms with Crippen molar-refractivity contribution in [1.29, 1.82) is 0 Å². The first kappa shape index (κ1) is 12.4. The zero-order chi connectivity index (χ0) is 13.5. The molecule has 7 nitrogen and oxygen atoms in total. The molecule has 1 aliphatic heterocycles. The second kappa shape index (κ2) is 4.48. The summed E-state index contributed by atoms with van der Waals surface area (Å²) in [5.74, 6) is 0.274. The molecule has 1 fully saturated rings. The summed E-state index contributed by atoms with van der Waals surface area (Å²) in [5.41, 5.74) is 6.82. The van der Waals surface area contributed by atoms with Crippen LogP contribution in [0, 0.1) is 0 Å². The van der Waals surface area contributed by atoms with Crippen molar-refractivity contribution >= 4 is 27.0 Å². The van der Waals surface area contributed by atoms with Gasteiger partial charge in [0.1, 0.15) is 0 Å². The van der Waals surface area contributed by atoms with Gasteiger partial charge in [0, 0.05) is 13.1 Å². The molecule has 2 aromatic rings. The van der Waals surface area contributed by atoms with Gasteiger partial charge in [-0.15, -0.1) is 0 Å². The number of nitrogens with two attached hydrogens (primary N) is 1. The lowest BCUT2D eigenvalue weighted by molar-refractivity contribution is 0.0730. The highest BCUT2D eigenvalue weighted by Gasteiger charge is 2.26. The van der Waals surface area contributed by atoms with Crippen molar-refractivity contribution in [3.05, 3.63) is 18.2 Å². The highest BCUT2D eigenvalue weighted by molar-refractivity contribution is 7.89. The Morgan fingerprint density at radius 2 is 2.05 bits per heavy atom. The topological polar surface area (TPSA) is 101 Å². The van der Waals surface area contributed by atoms with Gasteiger partial charge in [0.15, 0.2) is 5.95 Å². The van der Waals surface area contributed by atoms with Gasteiger partial charge in [0.25, 0.3) is 0 Å². The maximum absolute atomic E-state index is 12.4. The van der Waals surface area contributed by atoms with Gasteiger partial charge in [0.2, 0.25) is 10.0 Å². The molecule has 3 rings (SSSR count). The number of aromatic nitrogens is 2. The van der Waals surface area contributed by atoms with E-state index in [0.717, 1.165) is 0 Å². The number of fused-ring (bicyclic) bond motifs is 1. The Kier molecular flexibility index (Phi) is 2.92. The number of imidazole rings is 1. The molecule has 1 aliphatic rings. The summed E-state index contributed by atoms with van der Waals surface area (Å²) < 4.78 is 31.5. The Bertz CT molecular complexity index is 704. The maximum Gasteiger partial charge on any atom is 0.243 e. The van der Waals surface area contributed by atoms with Crippen LogP contribution < -0.4 is 5.73 Å². The number of benzene rings is 1. The molecule has 1 aromatic heterocycles. The predicted octanol–water partition coefficient (Wildman–Crippen LogP) is 0.166. The zero-order valence-corrected chi connectivity index (χ0v) is 11.0. The number of nitrogens with one attached hydrogen (secondary N) is 1. The third kappa shape index (κ3) is 2.18. The second-order valence-electron chi connectivity index (χ2n) is 4.32. The van der Waals surface area contributed by atoms with Gasteiger partial charge < -0.3 is 15.5 Å². The summed E-state index contributed by atoms with van der Waals surface area (Å²) >= 11 is 0. The molecule has 0 amide bonds. The number of aromatic amines is 1. The van der Waals surface area contributed by atoms with Crippen LogP contribution in [0.4, 0.5) is 5.95 Å². The Morgan fingerprint density at radius 1 is 1.32 bits per heavy atom. The number of H-pyrrole nitrogens is 1. The number of nitrogens with zero attached hydrogens (tertiary/aromatic N) is 2. The highest BCUT2D eigenvalue weighted by atomic mass is 32.2. The molecule has 0 saturated carbocycles. The molecular formula is C11H14N4O3S. The van der Waals surface area contributed by atoms with Gasteiger partial charge in [-0.1, -0.05) is 0 Å². The van der Waals surface area contributed by atoms with Crippen molar-refractivity contribution in [3.8, 4) is 0 Å². The molecule has 2 heterocycles. The van der Waals surface area contributed by atoms with Crippen LogP contribution >= 0.6 is 0 Å². The van der Waals surface area contributed by atoms with E-state index in [-0.39, 0.29) is 10.8 Å². The fourth-order valence-electron chi connectivity index (χ4n) is 2.10. The van der Waals surface area contributed by atoms with E-state index in [1.54, 1.807) is 18.2 Å². The molecule has 19 heavy (non-hydrogen) atoms. The lowest BCUT2D eigenvalue weighted by Crippen LogP contribution is -2.40. The van der Waals surface area contributed by atoms with Crippen molar-refractivity contribution < 1.29 is 13.2 Å². The smallest absolute Gasteiger partial charge is 0.243 e. The maximum atomic E-state index is 12.4. The van der Waals surface area contributed by atoms with Crippen molar-refractivity contribution in [2.45, 2.75) is 4.90 Å². The minimum atomic E-state index is -3.48. The molecular weight excluding hydrogens is 268 g/mol. The number of ether oxygens (including phenoxy) is 1. The van der Waals surface area contributed by atoms with Crippen molar-refractivity contribution in [2.75, 3.05) is 32.0 Å². The van der Waals surface area contributed by atoms with E-state index in [9.17, 15) is 8.42 Å². The normalized spacial score (nSPS) is 17.9. The summed E-state index contributed by atoms with van der Waals surface area (Å²) in [4.78, 5) is 7.12. The third-order valence-corrected chi connectivity index (χ3v) is 4.97. The lowest BCUT2D eigenvalue weighted by Gasteiger charge is -2.25. The van der Waals surface area contributed by atoms with Crippen LogP contribution in [-0.4, -0.2) is 49.0 Å². The van der Waals surface area contributed by atoms with E-state index in [1.165, 1.54) is 4.31 Å². The first-order valence-corrected chi connectivity index (χ1v) is 7.34. The average molecular weight is 282 g/mol. The summed E-state index contributed by atoms with van der Waals surface area (Å²) in [6.45, 7) is 1.62. The van der Waals surface area contributed by atoms with Gasteiger partial charge >= 0.3 is 0 Å². The molecule has 0 atom stereocenters. The molecule has 1 aromatic carbocycles. The van der Waals surface area contributed by atoms with Crippen molar-refractivity contribution in [2.24, 2.45) is 0 Å². The van der Waals surface area contributed by atoms with Crippen LogP contribution in [-0.2, 0) is 14.8 Å². The van der Waals surface area contributed by atoms with E-state index in [4.69, 9.17) is 10.5 Å². The van der Waals surface area contributed by atoms with Crippen LogP contribution in [0.1, 0.15) is 0 Å². The summed E-state index contributed by atoms with van der Waals surface area (Å²) in [7, 11) is -3.48. The molecule has 0 unspecified atom stereocenters. The molecule has 0 spiro atoms. The summed E-state index contributed by atoms with van der Waals surface area (Å²) in [6.07, 6.45) is 0. The number of anilines is 1. The number of morpholine rings is 1. The lowest BCUT2D eigenvalue weighted by atomic mass is 10.3. The number of hydrogen-bond acceptors (Lipinski definition) is 5. The molecule has 0 radical (unpaired) electrons. The summed E-state index contributed by atoms with van der Waals surface area (Å²) in [6, 6.07) is 4.76. The standard InChI is InChI=1S/C11H14N4O3S/c12-11-13-9-2-1-8(7-10(9)14-11)19(16,17)15-3-5-18-6-4-15/h1-2,7H,3-6H2,(H3,12,13,14). The fourth-order valence-corrected chi connectivity index (χ4v) is 3.54. The Labute approximate surface area is 110 Å². The predicted molar refractivity (Wildman–Crippen MR) is 70.1 cm³/mol. The molecule has 3 N–H and O–H groups in total. The minimum absolute atomic E-state index is 0.241. The summed E-state index contributed by atoms with van der Waals surface area (Å²) in [5, 5.41) is 0. The first-order chi connectivity index (χ1) is 9.07. The Morgan fingerprint density at radius 3 is 2.79 bits per heavy atom. The van der Waals surface area contributed by atoms with Crippen molar-refractivity contribution in [1.82, 2.24) is 14.3 Å². The van der Waals surface area contributed by atoms with Crippen LogP contribution in [0.25, 0.3) is 11.0 Å². The van der Waals surface area contributed by atoms with Gasteiger partial charge in [-0.3, -0.25) is 0 Å². The van der Waals surface area contributed by atoms with Gasteiger partial charge in [0.05, 0.1) is 29.1 Å². The van der Waals surface area contributed by atoms with Gasteiger partial charge in [-0.05, 0) is 18.2 Å². The minimum Gasteiger partial charge on any atom is -0.379 e. The van der Waals surface area contributed by atoms with E-state index in [0.29, 0.717) is 37.3 Å². The molecule has 0 bridgehead atoms. The van der Waals surface area contributed by atoms with E-state index in [2.05, 4.69) is 9.97 Å². The zero-order valence-electron chi connectivity index (χ0n) is 10.2. The van der Waals surface area contributed by atoms with E-state index >= 15 is 0 Å². The van der Waals surface area contributed by atoms with Gasteiger partial charge in [-0.2, -0.15) is 4.31 Å². The largest absolute Gasteiger partial charge is 0.379 e. The molecule has 1 saturated heterocycles. The monoisotopic (exact) mass is 282 g/mol. The van der Waals surface area contributed by atoms with Gasteiger partial charge in [-0.25, -0.2) is 13.4 Å². The number of nitrogen functional groups attached to an aromatic ring is 1. The number of rotatable bonds is 2. The van der Waals surface area contributed by atoms with Crippen molar-refractivity contribution in [3.63, 3.8) is 0 Å².